The number of rotatable bonds is 3. The number of aryl methyl sites for hydroxylation is 1. The quantitative estimate of drug-likeness (QED) is 0.764. The Morgan fingerprint density at radius 3 is 2.67 bits per heavy atom. The molecule has 80 valence electrons. The standard InChI is InChI=1S/C11H16N4/c1-4-15(5-2)11-9-6-7-14(3)10(9)12-8-13-11/h6-8H,4-5H2,1-3H3. The van der Waals surface area contributed by atoms with Crippen molar-refractivity contribution in [2.75, 3.05) is 18.0 Å². The first-order chi connectivity index (χ1) is 7.27. The van der Waals surface area contributed by atoms with Crippen LogP contribution in [0.1, 0.15) is 13.8 Å². The van der Waals surface area contributed by atoms with Crippen molar-refractivity contribution in [2.45, 2.75) is 13.8 Å². The molecule has 0 aliphatic heterocycles. The Balaban J connectivity index is 2.60. The van der Waals surface area contributed by atoms with Gasteiger partial charge >= 0.3 is 0 Å². The SMILES string of the molecule is CCN(CC)c1ncnc2c1ccn2C. The first-order valence-corrected chi connectivity index (χ1v) is 5.28. The summed E-state index contributed by atoms with van der Waals surface area (Å²) in [6, 6.07) is 2.07. The molecule has 0 bridgehead atoms. The third-order valence-electron chi connectivity index (χ3n) is 2.70. The van der Waals surface area contributed by atoms with E-state index in [0.717, 1.165) is 29.9 Å². The van der Waals surface area contributed by atoms with Crippen LogP contribution in [-0.4, -0.2) is 27.6 Å². The zero-order valence-electron chi connectivity index (χ0n) is 9.44. The predicted molar refractivity (Wildman–Crippen MR) is 62.1 cm³/mol. The molecular formula is C11H16N4. The van der Waals surface area contributed by atoms with Gasteiger partial charge in [0.15, 0.2) is 0 Å². The monoisotopic (exact) mass is 204 g/mol. The lowest BCUT2D eigenvalue weighted by atomic mass is 10.3. The highest BCUT2D eigenvalue weighted by molar-refractivity contribution is 5.87. The first kappa shape index (κ1) is 9.96. The summed E-state index contributed by atoms with van der Waals surface area (Å²) in [6.45, 7) is 6.22. The Kier molecular flexibility index (Phi) is 2.58. The highest BCUT2D eigenvalue weighted by Gasteiger charge is 2.10. The van der Waals surface area contributed by atoms with Crippen LogP contribution in [0.25, 0.3) is 11.0 Å². The van der Waals surface area contributed by atoms with Crippen molar-refractivity contribution in [3.8, 4) is 0 Å². The molecule has 0 N–H and O–H groups in total. The average molecular weight is 204 g/mol. The van der Waals surface area contributed by atoms with Crippen LogP contribution in [0.5, 0.6) is 0 Å². The van der Waals surface area contributed by atoms with Gasteiger partial charge in [0.1, 0.15) is 17.8 Å². The molecule has 0 radical (unpaired) electrons. The fourth-order valence-corrected chi connectivity index (χ4v) is 1.84. The van der Waals surface area contributed by atoms with Gasteiger partial charge in [-0.1, -0.05) is 0 Å². The summed E-state index contributed by atoms with van der Waals surface area (Å²) in [5, 5.41) is 1.13. The molecule has 0 unspecified atom stereocenters. The molecule has 4 nitrogen and oxygen atoms in total. The van der Waals surface area contributed by atoms with Crippen molar-refractivity contribution < 1.29 is 0 Å². The minimum Gasteiger partial charge on any atom is -0.357 e. The number of aromatic nitrogens is 3. The Bertz CT molecular complexity index is 457. The fraction of sp³-hybridized carbons (Fsp3) is 0.455. The van der Waals surface area contributed by atoms with Crippen molar-refractivity contribution in [2.24, 2.45) is 7.05 Å². The molecule has 2 rings (SSSR count). The van der Waals surface area contributed by atoms with E-state index in [1.54, 1.807) is 6.33 Å². The highest BCUT2D eigenvalue weighted by atomic mass is 15.2. The number of nitrogens with zero attached hydrogens (tertiary/aromatic N) is 4. The summed E-state index contributed by atoms with van der Waals surface area (Å²) < 4.78 is 2.02. The van der Waals surface area contributed by atoms with E-state index in [-0.39, 0.29) is 0 Å². The molecule has 15 heavy (non-hydrogen) atoms. The third kappa shape index (κ3) is 1.56. The van der Waals surface area contributed by atoms with Gasteiger partial charge < -0.3 is 9.47 Å². The van der Waals surface area contributed by atoms with E-state index in [9.17, 15) is 0 Å². The topological polar surface area (TPSA) is 34.0 Å². The van der Waals surface area contributed by atoms with Crippen molar-refractivity contribution in [1.29, 1.82) is 0 Å². The number of fused-ring (bicyclic) bond motifs is 1. The van der Waals surface area contributed by atoms with Gasteiger partial charge in [-0.3, -0.25) is 0 Å². The van der Waals surface area contributed by atoms with Crippen molar-refractivity contribution >= 4 is 16.9 Å². The molecule has 0 aliphatic carbocycles. The molecule has 4 heteroatoms. The molecule has 0 saturated carbocycles. The van der Waals surface area contributed by atoms with Crippen LogP contribution in [0.15, 0.2) is 18.6 Å². The van der Waals surface area contributed by atoms with Crippen molar-refractivity contribution in [1.82, 2.24) is 14.5 Å². The maximum Gasteiger partial charge on any atom is 0.145 e. The average Bonchev–Trinajstić information content (AvgIpc) is 2.64. The van der Waals surface area contributed by atoms with E-state index in [1.165, 1.54) is 0 Å². The normalized spacial score (nSPS) is 10.9. The van der Waals surface area contributed by atoms with Gasteiger partial charge in [0, 0.05) is 26.3 Å². The molecular weight excluding hydrogens is 188 g/mol. The van der Waals surface area contributed by atoms with E-state index in [4.69, 9.17) is 0 Å². The van der Waals surface area contributed by atoms with Gasteiger partial charge in [0.25, 0.3) is 0 Å². The second kappa shape index (κ2) is 3.88. The lowest BCUT2D eigenvalue weighted by Gasteiger charge is -2.20. The van der Waals surface area contributed by atoms with Crippen LogP contribution in [0.3, 0.4) is 0 Å². The van der Waals surface area contributed by atoms with E-state index < -0.39 is 0 Å². The fourth-order valence-electron chi connectivity index (χ4n) is 1.84. The lowest BCUT2D eigenvalue weighted by molar-refractivity contribution is 0.846. The molecule has 0 aromatic carbocycles. The summed E-state index contributed by atoms with van der Waals surface area (Å²) >= 11 is 0. The van der Waals surface area contributed by atoms with Crippen LogP contribution >= 0.6 is 0 Å². The maximum absolute atomic E-state index is 4.36. The van der Waals surface area contributed by atoms with Crippen LogP contribution < -0.4 is 4.90 Å². The zero-order valence-corrected chi connectivity index (χ0v) is 9.44. The summed E-state index contributed by atoms with van der Waals surface area (Å²) in [5.41, 5.74) is 0.993. The highest BCUT2D eigenvalue weighted by Crippen LogP contribution is 2.22. The molecule has 0 spiro atoms. The van der Waals surface area contributed by atoms with Gasteiger partial charge in [-0.25, -0.2) is 9.97 Å². The predicted octanol–water partition coefficient (Wildman–Crippen LogP) is 1.81. The Labute approximate surface area is 89.6 Å². The number of hydrogen-bond donors (Lipinski definition) is 0. The van der Waals surface area contributed by atoms with Gasteiger partial charge in [0.2, 0.25) is 0 Å². The van der Waals surface area contributed by atoms with Crippen molar-refractivity contribution in [3.63, 3.8) is 0 Å². The Morgan fingerprint density at radius 2 is 2.00 bits per heavy atom. The van der Waals surface area contributed by atoms with Gasteiger partial charge in [-0.2, -0.15) is 0 Å². The lowest BCUT2D eigenvalue weighted by Crippen LogP contribution is -2.23. The van der Waals surface area contributed by atoms with Crippen LogP contribution in [0.2, 0.25) is 0 Å². The second-order valence-electron chi connectivity index (χ2n) is 3.53. The van der Waals surface area contributed by atoms with Gasteiger partial charge in [-0.15, -0.1) is 0 Å². The van der Waals surface area contributed by atoms with Crippen molar-refractivity contribution in [3.05, 3.63) is 18.6 Å². The minimum atomic E-state index is 0.970. The molecule has 2 aromatic rings. The molecule has 0 atom stereocenters. The van der Waals surface area contributed by atoms with Crippen LogP contribution in [0.4, 0.5) is 5.82 Å². The summed E-state index contributed by atoms with van der Waals surface area (Å²) in [6.07, 6.45) is 3.66. The maximum atomic E-state index is 4.36. The zero-order chi connectivity index (χ0) is 10.8. The third-order valence-corrected chi connectivity index (χ3v) is 2.70. The van der Waals surface area contributed by atoms with E-state index in [0.29, 0.717) is 0 Å². The molecule has 2 aromatic heterocycles. The number of anilines is 1. The summed E-state index contributed by atoms with van der Waals surface area (Å²) in [7, 11) is 2.00. The van der Waals surface area contributed by atoms with Crippen LogP contribution in [-0.2, 0) is 7.05 Å². The largest absolute Gasteiger partial charge is 0.357 e. The molecule has 0 fully saturated rings. The smallest absolute Gasteiger partial charge is 0.145 e. The van der Waals surface area contributed by atoms with Gasteiger partial charge in [0.05, 0.1) is 5.39 Å². The first-order valence-electron chi connectivity index (χ1n) is 5.28. The molecule has 0 amide bonds. The van der Waals surface area contributed by atoms with Crippen LogP contribution in [0, 0.1) is 0 Å². The van der Waals surface area contributed by atoms with E-state index in [1.807, 2.05) is 17.8 Å². The summed E-state index contributed by atoms with van der Waals surface area (Å²) in [5.74, 6) is 1.03. The van der Waals surface area contributed by atoms with E-state index >= 15 is 0 Å². The number of hydrogen-bond acceptors (Lipinski definition) is 3. The Hall–Kier alpha value is -1.58. The second-order valence-corrected chi connectivity index (χ2v) is 3.53. The molecule has 0 aliphatic rings. The minimum absolute atomic E-state index is 0.970. The van der Waals surface area contributed by atoms with Gasteiger partial charge in [-0.05, 0) is 19.9 Å². The molecule has 0 saturated heterocycles. The Morgan fingerprint density at radius 1 is 1.27 bits per heavy atom. The van der Waals surface area contributed by atoms with E-state index in [2.05, 4.69) is 34.8 Å². The molecule has 2 heterocycles. The summed E-state index contributed by atoms with van der Waals surface area (Å²) in [4.78, 5) is 10.9.